The van der Waals surface area contributed by atoms with Crippen LogP contribution in [0.5, 0.6) is 5.75 Å². The minimum absolute atomic E-state index is 0.120. The number of aromatic nitrogens is 3. The molecule has 8 heteroatoms. The van der Waals surface area contributed by atoms with Crippen LogP contribution in [0, 0.1) is 0 Å². The van der Waals surface area contributed by atoms with Gasteiger partial charge in [0.2, 0.25) is 5.82 Å². The molecule has 0 saturated heterocycles. The first-order valence-corrected chi connectivity index (χ1v) is 7.95. The Morgan fingerprint density at radius 1 is 1.25 bits per heavy atom. The fourth-order valence-electron chi connectivity index (χ4n) is 2.59. The highest BCUT2D eigenvalue weighted by atomic mass is 35.5. The Bertz CT molecular complexity index is 856. The van der Waals surface area contributed by atoms with E-state index in [1.165, 1.54) is 6.26 Å². The van der Waals surface area contributed by atoms with Crippen LogP contribution in [0.25, 0.3) is 11.5 Å². The molecule has 0 unspecified atom stereocenters. The summed E-state index contributed by atoms with van der Waals surface area (Å²) in [6.07, 6.45) is 3.48. The first-order valence-electron chi connectivity index (χ1n) is 7.57. The maximum Gasteiger partial charge on any atom is 0.263 e. The molecule has 1 aliphatic rings. The molecule has 0 spiro atoms. The fraction of sp³-hybridized carbons (Fsp3) is 0.312. The van der Waals surface area contributed by atoms with Crippen LogP contribution in [0.15, 0.2) is 39.6 Å². The molecule has 1 fully saturated rings. The molecule has 7 nitrogen and oxygen atoms in total. The van der Waals surface area contributed by atoms with Gasteiger partial charge < -0.3 is 19.5 Å². The largest absolute Gasteiger partial charge is 0.484 e. The maximum atomic E-state index is 6.05. The Kier molecular flexibility index (Phi) is 3.74. The average molecular weight is 347 g/mol. The van der Waals surface area contributed by atoms with Crippen molar-refractivity contribution in [2.45, 2.75) is 24.9 Å². The molecule has 124 valence electrons. The molecular formula is C16H15ClN4O3. The van der Waals surface area contributed by atoms with Gasteiger partial charge in [0, 0.05) is 12.0 Å². The molecule has 2 N–H and O–H groups in total. The van der Waals surface area contributed by atoms with E-state index in [0.717, 1.165) is 18.5 Å². The van der Waals surface area contributed by atoms with Gasteiger partial charge in [-0.1, -0.05) is 34.0 Å². The standard InChI is InChI=1S/C16H15ClN4O3/c17-11-3-1-2-4-12(11)22-8-13-19-15(24-20-13)10-7-23-21-14(10)16(9-18)5-6-16/h1-4,7H,5-6,8-9,18H2. The Balaban J connectivity index is 1.52. The number of nitrogens with two attached hydrogens (primary N) is 1. The van der Waals surface area contributed by atoms with Gasteiger partial charge >= 0.3 is 0 Å². The summed E-state index contributed by atoms with van der Waals surface area (Å²) in [6, 6.07) is 7.21. The molecule has 0 aliphatic heterocycles. The number of ether oxygens (including phenoxy) is 1. The van der Waals surface area contributed by atoms with Crippen molar-refractivity contribution in [2.24, 2.45) is 5.73 Å². The first-order chi connectivity index (χ1) is 11.7. The summed E-state index contributed by atoms with van der Waals surface area (Å²) in [6.45, 7) is 0.666. The van der Waals surface area contributed by atoms with Crippen molar-refractivity contribution in [3.05, 3.63) is 47.1 Å². The summed E-state index contributed by atoms with van der Waals surface area (Å²) in [4.78, 5) is 4.35. The Hall–Kier alpha value is -2.38. The predicted molar refractivity (Wildman–Crippen MR) is 85.5 cm³/mol. The predicted octanol–water partition coefficient (Wildman–Crippen LogP) is 2.95. The van der Waals surface area contributed by atoms with Crippen LogP contribution in [0.4, 0.5) is 0 Å². The topological polar surface area (TPSA) is 100 Å². The van der Waals surface area contributed by atoms with Crippen molar-refractivity contribution in [1.82, 2.24) is 15.3 Å². The zero-order valence-electron chi connectivity index (χ0n) is 12.7. The number of hydrogen-bond acceptors (Lipinski definition) is 7. The minimum atomic E-state index is -0.120. The van der Waals surface area contributed by atoms with E-state index in [0.29, 0.717) is 34.6 Å². The normalized spacial score (nSPS) is 15.4. The number of para-hydroxylation sites is 1. The Morgan fingerprint density at radius 3 is 2.83 bits per heavy atom. The second-order valence-corrected chi connectivity index (χ2v) is 6.20. The summed E-state index contributed by atoms with van der Waals surface area (Å²) < 4.78 is 16.0. The number of hydrogen-bond donors (Lipinski definition) is 1. The molecule has 0 atom stereocenters. The smallest absolute Gasteiger partial charge is 0.263 e. The molecule has 0 radical (unpaired) electrons. The minimum Gasteiger partial charge on any atom is -0.484 e. The summed E-state index contributed by atoms with van der Waals surface area (Å²) in [7, 11) is 0. The lowest BCUT2D eigenvalue weighted by molar-refractivity contribution is 0.287. The van der Waals surface area contributed by atoms with E-state index in [-0.39, 0.29) is 12.0 Å². The van der Waals surface area contributed by atoms with Crippen molar-refractivity contribution >= 4 is 11.6 Å². The van der Waals surface area contributed by atoms with Crippen LogP contribution in [-0.4, -0.2) is 21.8 Å². The second-order valence-electron chi connectivity index (χ2n) is 5.80. The molecule has 24 heavy (non-hydrogen) atoms. The lowest BCUT2D eigenvalue weighted by Crippen LogP contribution is -2.20. The molecule has 3 aromatic rings. The first kappa shape index (κ1) is 15.2. The quantitative estimate of drug-likeness (QED) is 0.732. The van der Waals surface area contributed by atoms with E-state index in [1.807, 2.05) is 12.1 Å². The molecule has 1 aliphatic carbocycles. The molecule has 0 bridgehead atoms. The lowest BCUT2D eigenvalue weighted by Gasteiger charge is -2.08. The van der Waals surface area contributed by atoms with E-state index in [2.05, 4.69) is 15.3 Å². The number of rotatable bonds is 6. The Labute approximate surface area is 142 Å². The van der Waals surface area contributed by atoms with Crippen molar-refractivity contribution in [2.75, 3.05) is 6.54 Å². The van der Waals surface area contributed by atoms with Gasteiger partial charge in [-0.3, -0.25) is 0 Å². The number of halogens is 1. The molecule has 1 saturated carbocycles. The van der Waals surface area contributed by atoms with E-state index in [9.17, 15) is 0 Å². The van der Waals surface area contributed by atoms with Gasteiger partial charge in [0.25, 0.3) is 5.89 Å². The molecular weight excluding hydrogens is 332 g/mol. The average Bonchev–Trinajstić information content (AvgIpc) is 3.02. The highest BCUT2D eigenvalue weighted by Crippen LogP contribution is 2.49. The van der Waals surface area contributed by atoms with Crippen molar-refractivity contribution in [1.29, 1.82) is 0 Å². The summed E-state index contributed by atoms with van der Waals surface area (Å²) >= 11 is 6.05. The third-order valence-electron chi connectivity index (χ3n) is 4.21. The summed E-state index contributed by atoms with van der Waals surface area (Å²) in [5, 5.41) is 8.54. The summed E-state index contributed by atoms with van der Waals surface area (Å²) in [5.74, 6) is 1.33. The molecule has 4 rings (SSSR count). The van der Waals surface area contributed by atoms with Gasteiger partial charge in [-0.15, -0.1) is 0 Å². The third kappa shape index (κ3) is 2.65. The zero-order chi connectivity index (χ0) is 16.6. The fourth-order valence-corrected chi connectivity index (χ4v) is 2.78. The van der Waals surface area contributed by atoms with Crippen LogP contribution in [-0.2, 0) is 12.0 Å². The number of benzene rings is 1. The van der Waals surface area contributed by atoms with E-state index in [4.69, 9.17) is 31.1 Å². The van der Waals surface area contributed by atoms with Crippen molar-refractivity contribution < 1.29 is 13.8 Å². The van der Waals surface area contributed by atoms with Crippen molar-refractivity contribution in [3.8, 4) is 17.2 Å². The maximum absolute atomic E-state index is 6.05. The van der Waals surface area contributed by atoms with Crippen LogP contribution >= 0.6 is 11.6 Å². The Morgan fingerprint density at radius 2 is 2.08 bits per heavy atom. The number of nitrogens with zero attached hydrogens (tertiary/aromatic N) is 3. The molecule has 1 aromatic carbocycles. The highest BCUT2D eigenvalue weighted by molar-refractivity contribution is 6.32. The molecule has 2 heterocycles. The van der Waals surface area contributed by atoms with E-state index in [1.54, 1.807) is 12.1 Å². The van der Waals surface area contributed by atoms with E-state index < -0.39 is 0 Å². The zero-order valence-corrected chi connectivity index (χ0v) is 13.5. The lowest BCUT2D eigenvalue weighted by atomic mass is 9.99. The van der Waals surface area contributed by atoms with Crippen LogP contribution in [0.3, 0.4) is 0 Å². The monoisotopic (exact) mass is 346 g/mol. The SMILES string of the molecule is NCC1(c2nocc2-c2nc(COc3ccccc3Cl)no2)CC1. The van der Waals surface area contributed by atoms with E-state index >= 15 is 0 Å². The van der Waals surface area contributed by atoms with Crippen LogP contribution in [0.1, 0.15) is 24.4 Å². The third-order valence-corrected chi connectivity index (χ3v) is 4.52. The van der Waals surface area contributed by atoms with Crippen LogP contribution in [0.2, 0.25) is 5.02 Å². The highest BCUT2D eigenvalue weighted by Gasteiger charge is 2.47. The second kappa shape index (κ2) is 5.92. The van der Waals surface area contributed by atoms with Gasteiger partial charge in [-0.2, -0.15) is 4.98 Å². The van der Waals surface area contributed by atoms with Crippen molar-refractivity contribution in [3.63, 3.8) is 0 Å². The van der Waals surface area contributed by atoms with Gasteiger partial charge in [-0.25, -0.2) is 0 Å². The van der Waals surface area contributed by atoms with Crippen LogP contribution < -0.4 is 10.5 Å². The van der Waals surface area contributed by atoms with Gasteiger partial charge in [0.05, 0.1) is 5.02 Å². The van der Waals surface area contributed by atoms with Gasteiger partial charge in [0.1, 0.15) is 23.3 Å². The molecule has 0 amide bonds. The van der Waals surface area contributed by atoms with Gasteiger partial charge in [0.15, 0.2) is 6.61 Å². The summed E-state index contributed by atoms with van der Waals surface area (Å²) in [5.41, 5.74) is 7.21. The molecule has 2 aromatic heterocycles. The van der Waals surface area contributed by atoms with Gasteiger partial charge in [-0.05, 0) is 25.0 Å².